The normalized spacial score (nSPS) is 24.1. The van der Waals surface area contributed by atoms with Crippen LogP contribution in [0.4, 0.5) is 5.82 Å². The predicted molar refractivity (Wildman–Crippen MR) is 131 cm³/mol. The highest BCUT2D eigenvalue weighted by Gasteiger charge is 2.50. The Bertz CT molecular complexity index is 1070. The maximum Gasteiger partial charge on any atom is 0.331 e. The molecule has 1 aliphatic carbocycles. The number of aromatic nitrogens is 4. The van der Waals surface area contributed by atoms with Crippen molar-refractivity contribution in [3.63, 3.8) is 0 Å². The van der Waals surface area contributed by atoms with Gasteiger partial charge in [0, 0.05) is 0 Å². The number of anilines is 1. The zero-order valence-electron chi connectivity index (χ0n) is 21.2. The number of nitrogens with zero attached hydrogens (tertiary/aromatic N) is 4. The van der Waals surface area contributed by atoms with Gasteiger partial charge in [0.1, 0.15) is 17.9 Å². The standard InChI is InChI=1S/C23H38N5O5P/c1-14(2)32-34(30,33-15(3)4)10-9-23(8)11-17(19(16(23)5)31-22(6,7)29)28-13-27-18-20(24)25-12-26-21(18)28/h12-15,17,19,29H,5,9-11H2,1-4,6-8H3,(H2,24,25,26). The molecule has 34 heavy (non-hydrogen) atoms. The number of rotatable bonds is 10. The quantitative estimate of drug-likeness (QED) is 0.278. The number of ether oxygens (including phenoxy) is 1. The summed E-state index contributed by atoms with van der Waals surface area (Å²) in [6.45, 7) is 16.9. The van der Waals surface area contributed by atoms with Gasteiger partial charge in [-0.2, -0.15) is 0 Å². The lowest BCUT2D eigenvalue weighted by molar-refractivity contribution is -0.202. The first kappa shape index (κ1) is 26.8. The van der Waals surface area contributed by atoms with Crippen LogP contribution >= 0.6 is 7.60 Å². The van der Waals surface area contributed by atoms with Crippen molar-refractivity contribution in [2.45, 2.75) is 91.4 Å². The van der Waals surface area contributed by atoms with E-state index >= 15 is 0 Å². The van der Waals surface area contributed by atoms with E-state index in [-0.39, 0.29) is 24.4 Å². The minimum atomic E-state index is -3.33. The molecular formula is C23H38N5O5P. The lowest BCUT2D eigenvalue weighted by atomic mass is 9.82. The van der Waals surface area contributed by atoms with Gasteiger partial charge in [-0.15, -0.1) is 0 Å². The van der Waals surface area contributed by atoms with Gasteiger partial charge in [-0.1, -0.05) is 13.5 Å². The molecule has 11 heteroatoms. The number of hydrogen-bond donors (Lipinski definition) is 2. The molecule has 0 aliphatic heterocycles. The summed E-state index contributed by atoms with van der Waals surface area (Å²) in [5.41, 5.74) is 7.40. The van der Waals surface area contributed by atoms with E-state index in [0.717, 1.165) is 5.57 Å². The maximum atomic E-state index is 13.5. The van der Waals surface area contributed by atoms with E-state index in [1.54, 1.807) is 20.2 Å². The van der Waals surface area contributed by atoms with Crippen LogP contribution in [-0.4, -0.2) is 54.9 Å². The van der Waals surface area contributed by atoms with Crippen molar-refractivity contribution in [1.29, 1.82) is 0 Å². The third kappa shape index (κ3) is 5.86. The molecule has 1 saturated carbocycles. The molecule has 190 valence electrons. The number of nitrogens with two attached hydrogens (primary N) is 1. The summed E-state index contributed by atoms with van der Waals surface area (Å²) in [5, 5.41) is 10.5. The summed E-state index contributed by atoms with van der Waals surface area (Å²) in [5.74, 6) is -1.10. The van der Waals surface area contributed by atoms with E-state index in [0.29, 0.717) is 29.8 Å². The Kier molecular flexibility index (Phi) is 7.60. The van der Waals surface area contributed by atoms with Crippen molar-refractivity contribution >= 4 is 24.6 Å². The fourth-order valence-electron chi connectivity index (χ4n) is 4.51. The van der Waals surface area contributed by atoms with Gasteiger partial charge in [-0.3, -0.25) is 4.57 Å². The van der Waals surface area contributed by atoms with Crippen molar-refractivity contribution in [1.82, 2.24) is 19.5 Å². The van der Waals surface area contributed by atoms with Crippen molar-refractivity contribution in [2.24, 2.45) is 5.41 Å². The molecule has 3 N–H and O–H groups in total. The SMILES string of the molecule is C=C1C(OC(C)(C)O)C(n2cnc3c(N)ncnc32)CC1(C)CCP(=O)(OC(C)C)OC(C)C. The molecule has 0 bridgehead atoms. The topological polar surface area (TPSA) is 135 Å². The Labute approximate surface area is 201 Å². The van der Waals surface area contributed by atoms with Gasteiger partial charge in [0.2, 0.25) is 0 Å². The monoisotopic (exact) mass is 495 g/mol. The van der Waals surface area contributed by atoms with E-state index in [1.165, 1.54) is 6.33 Å². The predicted octanol–water partition coefficient (Wildman–Crippen LogP) is 4.46. The fraction of sp³-hybridized carbons (Fsp3) is 0.696. The van der Waals surface area contributed by atoms with Crippen LogP contribution in [0.15, 0.2) is 24.8 Å². The lowest BCUT2D eigenvalue weighted by Crippen LogP contribution is -2.34. The summed E-state index contributed by atoms with van der Waals surface area (Å²) in [6, 6.07) is -0.264. The van der Waals surface area contributed by atoms with Crippen LogP contribution in [0.5, 0.6) is 0 Å². The number of fused-ring (bicyclic) bond motifs is 1. The molecule has 0 aromatic carbocycles. The molecule has 0 amide bonds. The number of hydrogen-bond acceptors (Lipinski definition) is 9. The first-order chi connectivity index (χ1) is 15.6. The summed E-state index contributed by atoms with van der Waals surface area (Å²) in [6.07, 6.45) is 3.41. The average Bonchev–Trinajstić information content (AvgIpc) is 3.20. The third-order valence-corrected chi connectivity index (χ3v) is 8.22. The van der Waals surface area contributed by atoms with Crippen LogP contribution in [0.3, 0.4) is 0 Å². The van der Waals surface area contributed by atoms with Crippen LogP contribution in [0.1, 0.15) is 67.3 Å². The van der Waals surface area contributed by atoms with Crippen molar-refractivity contribution in [3.8, 4) is 0 Å². The smallest absolute Gasteiger partial charge is 0.331 e. The summed E-state index contributed by atoms with van der Waals surface area (Å²) < 4.78 is 33.0. The van der Waals surface area contributed by atoms with Crippen LogP contribution in [0, 0.1) is 5.41 Å². The molecule has 10 nitrogen and oxygen atoms in total. The third-order valence-electron chi connectivity index (χ3n) is 5.97. The summed E-state index contributed by atoms with van der Waals surface area (Å²) in [4.78, 5) is 12.8. The Hall–Kier alpha value is -1.84. The van der Waals surface area contributed by atoms with Crippen LogP contribution in [0.2, 0.25) is 0 Å². The molecule has 1 aliphatic rings. The van der Waals surface area contributed by atoms with Crippen molar-refractivity contribution in [2.75, 3.05) is 11.9 Å². The molecule has 3 unspecified atom stereocenters. The molecule has 0 radical (unpaired) electrons. The number of nitrogen functional groups attached to an aromatic ring is 1. The zero-order valence-corrected chi connectivity index (χ0v) is 22.1. The van der Waals surface area contributed by atoms with Gasteiger partial charge in [0.05, 0.1) is 30.7 Å². The Morgan fingerprint density at radius 3 is 2.44 bits per heavy atom. The first-order valence-corrected chi connectivity index (χ1v) is 13.4. The van der Waals surface area contributed by atoms with E-state index < -0.39 is 24.9 Å². The largest absolute Gasteiger partial charge is 0.382 e. The molecule has 1 fully saturated rings. The van der Waals surface area contributed by atoms with Gasteiger partial charge < -0.3 is 29.2 Å². The van der Waals surface area contributed by atoms with E-state index in [2.05, 4.69) is 28.5 Å². The van der Waals surface area contributed by atoms with E-state index in [1.807, 2.05) is 32.3 Å². The van der Waals surface area contributed by atoms with Crippen LogP contribution in [0.25, 0.3) is 11.2 Å². The molecule has 2 aromatic heterocycles. The van der Waals surface area contributed by atoms with Gasteiger partial charge in [-0.05, 0) is 65.4 Å². The number of imidazole rings is 1. The van der Waals surface area contributed by atoms with E-state index in [4.69, 9.17) is 19.5 Å². The number of aliphatic hydroxyl groups is 1. The second-order valence-electron chi connectivity index (χ2n) is 10.3. The molecule has 2 aromatic rings. The Morgan fingerprint density at radius 1 is 1.26 bits per heavy atom. The second kappa shape index (κ2) is 9.66. The molecule has 2 heterocycles. The first-order valence-electron chi connectivity index (χ1n) is 11.6. The minimum Gasteiger partial charge on any atom is -0.382 e. The van der Waals surface area contributed by atoms with Crippen LogP contribution in [-0.2, 0) is 18.3 Å². The average molecular weight is 496 g/mol. The summed E-state index contributed by atoms with van der Waals surface area (Å²) >= 11 is 0. The highest BCUT2D eigenvalue weighted by molar-refractivity contribution is 7.53. The lowest BCUT2D eigenvalue weighted by Gasteiger charge is -2.31. The van der Waals surface area contributed by atoms with Crippen molar-refractivity contribution < 1.29 is 23.5 Å². The Balaban J connectivity index is 1.95. The Morgan fingerprint density at radius 2 is 1.88 bits per heavy atom. The highest BCUT2D eigenvalue weighted by atomic mass is 31.2. The maximum absolute atomic E-state index is 13.5. The zero-order chi connectivity index (χ0) is 25.5. The molecule has 3 atom stereocenters. The molecule has 3 rings (SSSR count). The van der Waals surface area contributed by atoms with E-state index in [9.17, 15) is 9.67 Å². The summed E-state index contributed by atoms with van der Waals surface area (Å²) in [7, 11) is -3.33. The van der Waals surface area contributed by atoms with Gasteiger partial charge in [0.15, 0.2) is 17.3 Å². The van der Waals surface area contributed by atoms with Gasteiger partial charge in [-0.25, -0.2) is 15.0 Å². The molecule has 0 saturated heterocycles. The van der Waals surface area contributed by atoms with Gasteiger partial charge in [0.25, 0.3) is 0 Å². The van der Waals surface area contributed by atoms with Crippen LogP contribution < -0.4 is 5.73 Å². The molecule has 0 spiro atoms. The highest BCUT2D eigenvalue weighted by Crippen LogP contribution is 2.57. The molecular weight excluding hydrogens is 457 g/mol. The fourth-order valence-corrected chi connectivity index (χ4v) is 6.82. The second-order valence-corrected chi connectivity index (χ2v) is 12.4. The minimum absolute atomic E-state index is 0.231. The van der Waals surface area contributed by atoms with Crippen molar-refractivity contribution in [3.05, 3.63) is 24.8 Å². The van der Waals surface area contributed by atoms with Gasteiger partial charge >= 0.3 is 7.60 Å².